The van der Waals surface area contributed by atoms with Crippen molar-refractivity contribution in [2.24, 2.45) is 0 Å². The van der Waals surface area contributed by atoms with Crippen molar-refractivity contribution in [3.63, 3.8) is 0 Å². The van der Waals surface area contributed by atoms with Gasteiger partial charge in [0.2, 0.25) is 0 Å². The number of carbonyl (C=O) groups excluding carboxylic acids is 1. The van der Waals surface area contributed by atoms with Crippen LogP contribution in [-0.4, -0.2) is 27.2 Å². The lowest BCUT2D eigenvalue weighted by atomic mass is 10.2. The van der Waals surface area contributed by atoms with Crippen molar-refractivity contribution in [2.75, 3.05) is 5.32 Å². The second-order valence-corrected chi connectivity index (χ2v) is 7.00. The number of para-hydroxylation sites is 1. The number of nitrogens with one attached hydrogen (secondary N) is 1. The Morgan fingerprint density at radius 3 is 2.71 bits per heavy atom. The summed E-state index contributed by atoms with van der Waals surface area (Å²) in [4.78, 5) is 16.3. The maximum atomic E-state index is 13.7. The number of hydrogen-bond acceptors (Lipinski definition) is 5. The third kappa shape index (κ3) is 3.46. The minimum atomic E-state index is -1.77. The quantitative estimate of drug-likeness (QED) is 0.616. The number of benzene rings is 2. The Morgan fingerprint density at radius 2 is 2.00 bits per heavy atom. The number of carbonyl (C=O) groups is 1. The van der Waals surface area contributed by atoms with Crippen molar-refractivity contribution in [1.82, 2.24) is 4.98 Å². The molecule has 3 aromatic rings. The number of aliphatic hydroxyl groups excluding tert-OH is 2. The maximum Gasteiger partial charge on any atom is 0.256 e. The summed E-state index contributed by atoms with van der Waals surface area (Å²) in [6.07, 6.45) is -3.27. The number of anilines is 1. The van der Waals surface area contributed by atoms with E-state index in [4.69, 9.17) is 0 Å². The van der Waals surface area contributed by atoms with Crippen LogP contribution in [0, 0.1) is 5.82 Å². The molecule has 0 saturated carbocycles. The number of thiazole rings is 1. The molecule has 3 rings (SSSR count). The number of aliphatic hydroxyl groups is 2. The second kappa shape index (κ2) is 6.94. The van der Waals surface area contributed by atoms with Gasteiger partial charge in [-0.25, -0.2) is 9.37 Å². The maximum absolute atomic E-state index is 13.7. The number of fused-ring (bicyclic) bond motifs is 1. The Bertz CT molecular complexity index is 869. The summed E-state index contributed by atoms with van der Waals surface area (Å²) >= 11 is 4.29. The molecular weight excluding hydrogens is 399 g/mol. The first-order valence-corrected chi connectivity index (χ1v) is 8.54. The molecule has 5 nitrogen and oxygen atoms in total. The predicted molar refractivity (Wildman–Crippen MR) is 93.3 cm³/mol. The van der Waals surface area contributed by atoms with Gasteiger partial charge in [-0.1, -0.05) is 28.1 Å². The smallest absolute Gasteiger partial charge is 0.256 e. The van der Waals surface area contributed by atoms with Crippen molar-refractivity contribution in [3.05, 3.63) is 57.8 Å². The number of amides is 1. The monoisotopic (exact) mass is 410 g/mol. The highest BCUT2D eigenvalue weighted by molar-refractivity contribution is 9.10. The van der Waals surface area contributed by atoms with Gasteiger partial charge in [0, 0.05) is 4.47 Å². The van der Waals surface area contributed by atoms with Crippen LogP contribution in [0.2, 0.25) is 0 Å². The van der Waals surface area contributed by atoms with Crippen molar-refractivity contribution < 1.29 is 19.4 Å². The highest BCUT2D eigenvalue weighted by atomic mass is 79.9. The number of rotatable bonds is 4. The molecule has 0 bridgehead atoms. The van der Waals surface area contributed by atoms with Crippen LogP contribution in [0.15, 0.2) is 46.9 Å². The number of halogens is 2. The minimum Gasteiger partial charge on any atom is -0.383 e. The van der Waals surface area contributed by atoms with Gasteiger partial charge >= 0.3 is 0 Å². The van der Waals surface area contributed by atoms with E-state index in [1.165, 1.54) is 23.5 Å². The lowest BCUT2D eigenvalue weighted by Gasteiger charge is -2.15. The Balaban J connectivity index is 1.76. The number of nitrogens with zero attached hydrogens (tertiary/aromatic N) is 1. The van der Waals surface area contributed by atoms with Crippen LogP contribution >= 0.6 is 27.3 Å². The van der Waals surface area contributed by atoms with E-state index in [0.717, 1.165) is 4.70 Å². The standard InChI is InChI=1S/C16H12BrFN2O3S/c17-8-5-6-10(9(18)7-8)19-15(23)13(21)14(22)16-20-11-3-1-2-4-12(11)24-16/h1-7,13-14,21-22H,(H,19,23). The largest absolute Gasteiger partial charge is 0.383 e. The molecule has 2 aromatic carbocycles. The first-order chi connectivity index (χ1) is 11.5. The van der Waals surface area contributed by atoms with Crippen LogP contribution in [0.3, 0.4) is 0 Å². The number of hydrogen-bond donors (Lipinski definition) is 3. The normalized spacial score (nSPS) is 13.7. The molecule has 3 N–H and O–H groups in total. The van der Waals surface area contributed by atoms with E-state index in [1.54, 1.807) is 18.2 Å². The zero-order chi connectivity index (χ0) is 17.3. The van der Waals surface area contributed by atoms with Crippen LogP contribution in [-0.2, 0) is 4.79 Å². The van der Waals surface area contributed by atoms with Crippen LogP contribution < -0.4 is 5.32 Å². The summed E-state index contributed by atoms with van der Waals surface area (Å²) in [5.74, 6) is -1.57. The van der Waals surface area contributed by atoms with E-state index in [-0.39, 0.29) is 10.7 Å². The summed E-state index contributed by atoms with van der Waals surface area (Å²) in [7, 11) is 0. The number of aromatic nitrogens is 1. The van der Waals surface area contributed by atoms with Gasteiger partial charge in [-0.3, -0.25) is 4.79 Å². The van der Waals surface area contributed by atoms with Gasteiger partial charge in [-0.15, -0.1) is 11.3 Å². The molecule has 8 heteroatoms. The van der Waals surface area contributed by atoms with E-state index in [1.807, 2.05) is 12.1 Å². The first-order valence-electron chi connectivity index (χ1n) is 6.93. The van der Waals surface area contributed by atoms with Crippen molar-refractivity contribution in [3.8, 4) is 0 Å². The molecule has 124 valence electrons. The third-order valence-electron chi connectivity index (χ3n) is 3.32. The summed E-state index contributed by atoms with van der Waals surface area (Å²) in [6.45, 7) is 0. The molecule has 1 amide bonds. The first kappa shape index (κ1) is 17.0. The SMILES string of the molecule is O=C(Nc1ccc(Br)cc1F)C(O)C(O)c1nc2ccccc2s1. The van der Waals surface area contributed by atoms with Gasteiger partial charge in [-0.05, 0) is 30.3 Å². The van der Waals surface area contributed by atoms with Gasteiger partial charge in [0.15, 0.2) is 6.10 Å². The summed E-state index contributed by atoms with van der Waals surface area (Å²) in [5, 5.41) is 22.7. The predicted octanol–water partition coefficient (Wildman–Crippen LogP) is 3.23. The molecule has 0 fully saturated rings. The van der Waals surface area contributed by atoms with Gasteiger partial charge in [0.05, 0.1) is 15.9 Å². The zero-order valence-electron chi connectivity index (χ0n) is 12.1. The van der Waals surface area contributed by atoms with E-state index in [2.05, 4.69) is 26.2 Å². The molecule has 24 heavy (non-hydrogen) atoms. The molecule has 0 aliphatic carbocycles. The van der Waals surface area contributed by atoms with Crippen molar-refractivity contribution in [2.45, 2.75) is 12.2 Å². The van der Waals surface area contributed by atoms with E-state index in [9.17, 15) is 19.4 Å². The van der Waals surface area contributed by atoms with Crippen molar-refractivity contribution in [1.29, 1.82) is 0 Å². The lowest BCUT2D eigenvalue weighted by Crippen LogP contribution is -2.33. The summed E-state index contributed by atoms with van der Waals surface area (Å²) < 4.78 is 15.1. The average molecular weight is 411 g/mol. The summed E-state index contributed by atoms with van der Waals surface area (Å²) in [5.41, 5.74) is 0.585. The van der Waals surface area contributed by atoms with Crippen LogP contribution in [0.1, 0.15) is 11.1 Å². The molecule has 0 aliphatic heterocycles. The Morgan fingerprint density at radius 1 is 1.25 bits per heavy atom. The van der Waals surface area contributed by atoms with Crippen LogP contribution in [0.25, 0.3) is 10.2 Å². The van der Waals surface area contributed by atoms with Crippen molar-refractivity contribution >= 4 is 49.1 Å². The average Bonchev–Trinajstić information content (AvgIpc) is 3.00. The molecule has 2 unspecified atom stereocenters. The van der Waals surface area contributed by atoms with Gasteiger partial charge in [-0.2, -0.15) is 0 Å². The van der Waals surface area contributed by atoms with Gasteiger partial charge < -0.3 is 15.5 Å². The summed E-state index contributed by atoms with van der Waals surface area (Å²) in [6, 6.07) is 11.3. The van der Waals surface area contributed by atoms with E-state index < -0.39 is 23.9 Å². The Kier molecular flexibility index (Phi) is 4.91. The molecule has 0 saturated heterocycles. The second-order valence-electron chi connectivity index (χ2n) is 5.02. The molecule has 1 heterocycles. The fourth-order valence-corrected chi connectivity index (χ4v) is 3.41. The molecule has 0 radical (unpaired) electrons. The molecule has 0 spiro atoms. The molecule has 1 aromatic heterocycles. The topological polar surface area (TPSA) is 82.5 Å². The molecule has 2 atom stereocenters. The Hall–Kier alpha value is -1.87. The van der Waals surface area contributed by atoms with Gasteiger partial charge in [0.25, 0.3) is 5.91 Å². The van der Waals surface area contributed by atoms with E-state index >= 15 is 0 Å². The lowest BCUT2D eigenvalue weighted by molar-refractivity contribution is -0.129. The van der Waals surface area contributed by atoms with Crippen LogP contribution in [0.4, 0.5) is 10.1 Å². The fraction of sp³-hybridized carbons (Fsp3) is 0.125. The fourth-order valence-electron chi connectivity index (χ4n) is 2.09. The highest BCUT2D eigenvalue weighted by Gasteiger charge is 2.29. The third-order valence-corrected chi connectivity index (χ3v) is 4.92. The highest BCUT2D eigenvalue weighted by Crippen LogP contribution is 2.28. The zero-order valence-corrected chi connectivity index (χ0v) is 14.5. The van der Waals surface area contributed by atoms with E-state index in [0.29, 0.717) is 9.99 Å². The molecular formula is C16H12BrFN2O3S. The van der Waals surface area contributed by atoms with Gasteiger partial charge in [0.1, 0.15) is 16.9 Å². The molecule has 0 aliphatic rings. The Labute approximate surface area is 148 Å². The van der Waals surface area contributed by atoms with Crippen LogP contribution in [0.5, 0.6) is 0 Å². The minimum absolute atomic E-state index is 0.0845.